The molecule has 19 heavy (non-hydrogen) atoms. The molecule has 2 bridgehead atoms. The summed E-state index contributed by atoms with van der Waals surface area (Å²) >= 11 is 0. The molecule has 2 atom stereocenters. The van der Waals surface area contributed by atoms with Crippen LogP contribution < -0.4 is 0 Å². The Morgan fingerprint density at radius 1 is 1.26 bits per heavy atom. The van der Waals surface area contributed by atoms with E-state index in [2.05, 4.69) is 22.1 Å². The molecule has 3 rings (SSSR count). The number of nitrogens with zero attached hydrogens (tertiary/aromatic N) is 3. The van der Waals surface area contributed by atoms with Gasteiger partial charge in [-0.3, -0.25) is 14.8 Å². The Morgan fingerprint density at radius 2 is 2.00 bits per heavy atom. The van der Waals surface area contributed by atoms with Gasteiger partial charge in [0.25, 0.3) is 5.91 Å². The van der Waals surface area contributed by atoms with Crippen molar-refractivity contribution in [3.8, 4) is 0 Å². The normalized spacial score (nSPS) is 27.6. The Hall–Kier alpha value is -1.36. The number of aryl methyl sites for hydroxylation is 2. The zero-order valence-electron chi connectivity index (χ0n) is 11.9. The third kappa shape index (κ3) is 2.06. The van der Waals surface area contributed by atoms with E-state index < -0.39 is 0 Å². The standard InChI is InChI=1S/C14H22N4O/c1-9-13(10(2)16-15-9)14(19)18-7-6-11-4-5-12(8-18)17(11)3/h11-12H,4-8H2,1-3H3,(H,15,16). The van der Waals surface area contributed by atoms with E-state index in [-0.39, 0.29) is 5.91 Å². The van der Waals surface area contributed by atoms with E-state index in [0.717, 1.165) is 36.5 Å². The minimum atomic E-state index is 0.143. The highest BCUT2D eigenvalue weighted by Gasteiger charge is 2.36. The van der Waals surface area contributed by atoms with E-state index in [1.54, 1.807) is 0 Å². The number of likely N-dealkylation sites (tertiary alicyclic amines) is 1. The van der Waals surface area contributed by atoms with E-state index in [0.29, 0.717) is 12.1 Å². The van der Waals surface area contributed by atoms with Gasteiger partial charge >= 0.3 is 0 Å². The Morgan fingerprint density at radius 3 is 2.68 bits per heavy atom. The molecule has 0 spiro atoms. The molecule has 2 saturated heterocycles. The Labute approximate surface area is 114 Å². The number of fused-ring (bicyclic) bond motifs is 2. The lowest BCUT2D eigenvalue weighted by Crippen LogP contribution is -2.40. The highest BCUT2D eigenvalue weighted by Crippen LogP contribution is 2.29. The number of carbonyl (C=O) groups excluding carboxylic acids is 1. The molecule has 1 N–H and O–H groups in total. The number of amides is 1. The molecule has 2 aliphatic heterocycles. The van der Waals surface area contributed by atoms with Gasteiger partial charge in [0.2, 0.25) is 0 Å². The molecule has 0 aliphatic carbocycles. The predicted octanol–water partition coefficient (Wildman–Crippen LogP) is 1.34. The average molecular weight is 262 g/mol. The fourth-order valence-corrected chi connectivity index (χ4v) is 3.52. The van der Waals surface area contributed by atoms with Crippen LogP contribution in [0.15, 0.2) is 0 Å². The third-order valence-corrected chi connectivity index (χ3v) is 4.78. The minimum Gasteiger partial charge on any atom is -0.337 e. The van der Waals surface area contributed by atoms with Gasteiger partial charge in [-0.05, 0) is 40.2 Å². The summed E-state index contributed by atoms with van der Waals surface area (Å²) < 4.78 is 0. The summed E-state index contributed by atoms with van der Waals surface area (Å²) in [6.07, 6.45) is 3.59. The molecule has 5 heteroatoms. The van der Waals surface area contributed by atoms with Gasteiger partial charge in [0.1, 0.15) is 0 Å². The molecular weight excluding hydrogens is 240 g/mol. The second-order valence-electron chi connectivity index (χ2n) is 5.90. The number of carbonyl (C=O) groups is 1. The van der Waals surface area contributed by atoms with Crippen LogP contribution in [-0.2, 0) is 0 Å². The highest BCUT2D eigenvalue weighted by molar-refractivity contribution is 5.96. The SMILES string of the molecule is Cc1n[nH]c(C)c1C(=O)N1CCC2CCC(C1)N2C. The van der Waals surface area contributed by atoms with Crippen LogP contribution in [0.5, 0.6) is 0 Å². The van der Waals surface area contributed by atoms with Crippen LogP contribution >= 0.6 is 0 Å². The zero-order valence-corrected chi connectivity index (χ0v) is 11.9. The van der Waals surface area contributed by atoms with Gasteiger partial charge in [0, 0.05) is 30.9 Å². The average Bonchev–Trinajstić information content (AvgIpc) is 2.80. The Bertz CT molecular complexity index is 476. The lowest BCUT2D eigenvalue weighted by Gasteiger charge is -2.26. The number of hydrogen-bond acceptors (Lipinski definition) is 3. The lowest BCUT2D eigenvalue weighted by atomic mass is 10.1. The number of hydrogen-bond donors (Lipinski definition) is 1. The molecule has 2 unspecified atom stereocenters. The minimum absolute atomic E-state index is 0.143. The Balaban J connectivity index is 1.81. The highest BCUT2D eigenvalue weighted by atomic mass is 16.2. The molecule has 2 aliphatic rings. The van der Waals surface area contributed by atoms with Gasteiger partial charge in [-0.15, -0.1) is 0 Å². The molecule has 0 radical (unpaired) electrons. The summed E-state index contributed by atoms with van der Waals surface area (Å²) in [7, 11) is 2.20. The van der Waals surface area contributed by atoms with Crippen molar-refractivity contribution in [3.63, 3.8) is 0 Å². The van der Waals surface area contributed by atoms with E-state index in [1.807, 2.05) is 18.7 Å². The molecular formula is C14H22N4O. The monoisotopic (exact) mass is 262 g/mol. The van der Waals surface area contributed by atoms with E-state index in [9.17, 15) is 4.79 Å². The number of likely N-dealkylation sites (N-methyl/N-ethyl adjacent to an activating group) is 1. The lowest BCUT2D eigenvalue weighted by molar-refractivity contribution is 0.0739. The largest absolute Gasteiger partial charge is 0.337 e. The number of rotatable bonds is 1. The number of aromatic amines is 1. The first-order chi connectivity index (χ1) is 9.08. The quantitative estimate of drug-likeness (QED) is 0.831. The van der Waals surface area contributed by atoms with E-state index in [1.165, 1.54) is 12.8 Å². The summed E-state index contributed by atoms with van der Waals surface area (Å²) in [5.41, 5.74) is 2.45. The van der Waals surface area contributed by atoms with Crippen molar-refractivity contribution in [1.29, 1.82) is 0 Å². The number of aromatic nitrogens is 2. The molecule has 3 heterocycles. The second kappa shape index (κ2) is 4.63. The van der Waals surface area contributed by atoms with Crippen LogP contribution in [-0.4, -0.2) is 58.1 Å². The van der Waals surface area contributed by atoms with Gasteiger partial charge in [-0.2, -0.15) is 5.10 Å². The summed E-state index contributed by atoms with van der Waals surface area (Å²) in [6, 6.07) is 1.19. The molecule has 1 aromatic rings. The molecule has 104 valence electrons. The fourth-order valence-electron chi connectivity index (χ4n) is 3.52. The van der Waals surface area contributed by atoms with Crippen LogP contribution in [0.2, 0.25) is 0 Å². The fraction of sp³-hybridized carbons (Fsp3) is 0.714. The van der Waals surface area contributed by atoms with Crippen molar-refractivity contribution < 1.29 is 4.79 Å². The van der Waals surface area contributed by atoms with Crippen molar-refractivity contribution in [2.45, 2.75) is 45.2 Å². The van der Waals surface area contributed by atoms with Gasteiger partial charge in [0.15, 0.2) is 0 Å². The van der Waals surface area contributed by atoms with Gasteiger partial charge < -0.3 is 4.90 Å². The molecule has 5 nitrogen and oxygen atoms in total. The number of H-pyrrole nitrogens is 1. The van der Waals surface area contributed by atoms with Crippen LogP contribution in [0.1, 0.15) is 41.0 Å². The first kappa shape index (κ1) is 12.7. The number of nitrogens with one attached hydrogen (secondary N) is 1. The van der Waals surface area contributed by atoms with Crippen LogP contribution in [0.4, 0.5) is 0 Å². The van der Waals surface area contributed by atoms with Crippen molar-refractivity contribution in [2.24, 2.45) is 0 Å². The summed E-state index contributed by atoms with van der Waals surface area (Å²) in [5.74, 6) is 0.143. The smallest absolute Gasteiger partial charge is 0.257 e. The summed E-state index contributed by atoms with van der Waals surface area (Å²) in [5, 5.41) is 7.04. The summed E-state index contributed by atoms with van der Waals surface area (Å²) in [6.45, 7) is 5.54. The molecule has 1 amide bonds. The third-order valence-electron chi connectivity index (χ3n) is 4.78. The van der Waals surface area contributed by atoms with Crippen molar-refractivity contribution in [3.05, 3.63) is 17.0 Å². The molecule has 0 saturated carbocycles. The van der Waals surface area contributed by atoms with Gasteiger partial charge in [-0.25, -0.2) is 0 Å². The van der Waals surface area contributed by atoms with Crippen LogP contribution in [0.25, 0.3) is 0 Å². The van der Waals surface area contributed by atoms with Crippen LogP contribution in [0, 0.1) is 13.8 Å². The molecule has 1 aromatic heterocycles. The van der Waals surface area contributed by atoms with Gasteiger partial charge in [-0.1, -0.05) is 0 Å². The van der Waals surface area contributed by atoms with Crippen molar-refractivity contribution in [1.82, 2.24) is 20.0 Å². The van der Waals surface area contributed by atoms with Gasteiger partial charge in [0.05, 0.1) is 11.3 Å². The van der Waals surface area contributed by atoms with E-state index >= 15 is 0 Å². The van der Waals surface area contributed by atoms with Crippen molar-refractivity contribution in [2.75, 3.05) is 20.1 Å². The van der Waals surface area contributed by atoms with Crippen LogP contribution in [0.3, 0.4) is 0 Å². The first-order valence-electron chi connectivity index (χ1n) is 7.10. The topological polar surface area (TPSA) is 52.2 Å². The van der Waals surface area contributed by atoms with Crippen molar-refractivity contribution >= 4 is 5.91 Å². The molecule has 2 fully saturated rings. The second-order valence-corrected chi connectivity index (χ2v) is 5.90. The predicted molar refractivity (Wildman–Crippen MR) is 73.2 cm³/mol. The zero-order chi connectivity index (χ0) is 13.6. The van der Waals surface area contributed by atoms with E-state index in [4.69, 9.17) is 0 Å². The summed E-state index contributed by atoms with van der Waals surface area (Å²) in [4.78, 5) is 17.2. The molecule has 0 aromatic carbocycles. The maximum Gasteiger partial charge on any atom is 0.257 e. The Kier molecular flexibility index (Phi) is 3.09. The maximum atomic E-state index is 12.7. The maximum absolute atomic E-state index is 12.7. The first-order valence-corrected chi connectivity index (χ1v) is 7.10.